The third-order valence-corrected chi connectivity index (χ3v) is 10.8. The highest BCUT2D eigenvalue weighted by atomic mass is 32.1. The largest absolute Gasteiger partial charge is 0.454 e. The molecule has 0 fully saturated rings. The van der Waals surface area contributed by atoms with Gasteiger partial charge in [0.25, 0.3) is 0 Å². The number of hydrogen-bond donors (Lipinski definition) is 0. The van der Waals surface area contributed by atoms with E-state index >= 15 is 0 Å². The van der Waals surface area contributed by atoms with E-state index in [1.807, 2.05) is 23.5 Å². The maximum atomic E-state index is 6.59. The minimum Gasteiger partial charge on any atom is -0.454 e. The van der Waals surface area contributed by atoms with Crippen LogP contribution in [-0.4, -0.2) is 0 Å². The van der Waals surface area contributed by atoms with Crippen molar-refractivity contribution in [3.8, 4) is 22.3 Å². The fourth-order valence-corrected chi connectivity index (χ4v) is 8.38. The molecule has 0 atom stereocenters. The lowest BCUT2D eigenvalue weighted by molar-refractivity contribution is 0.669. The number of para-hydroxylation sites is 2. The molecule has 49 heavy (non-hydrogen) atoms. The van der Waals surface area contributed by atoms with Gasteiger partial charge in [-0.25, -0.2) is 0 Å². The van der Waals surface area contributed by atoms with Gasteiger partial charge in [-0.3, -0.25) is 0 Å². The van der Waals surface area contributed by atoms with Crippen LogP contribution in [0.3, 0.4) is 0 Å². The summed E-state index contributed by atoms with van der Waals surface area (Å²) in [7, 11) is 0. The van der Waals surface area contributed by atoms with Crippen LogP contribution in [0.15, 0.2) is 180 Å². The molecule has 2 aromatic heterocycles. The molecule has 0 aliphatic carbocycles. The first-order valence-electron chi connectivity index (χ1n) is 16.6. The van der Waals surface area contributed by atoms with Crippen molar-refractivity contribution in [1.82, 2.24) is 0 Å². The van der Waals surface area contributed by atoms with E-state index in [-0.39, 0.29) is 0 Å². The fraction of sp³-hybridized carbons (Fsp3) is 0. The molecular weight excluding hydrogens is 615 g/mol. The predicted octanol–water partition coefficient (Wildman–Crippen LogP) is 13.9. The molecule has 3 heteroatoms. The van der Waals surface area contributed by atoms with Gasteiger partial charge < -0.3 is 9.32 Å². The van der Waals surface area contributed by atoms with Crippen LogP contribution in [0.2, 0.25) is 0 Å². The molecular formula is C46H29NOS. The van der Waals surface area contributed by atoms with E-state index in [2.05, 4.69) is 169 Å². The Morgan fingerprint density at radius 3 is 1.98 bits per heavy atom. The first-order chi connectivity index (χ1) is 24.3. The number of thiophene rings is 1. The zero-order valence-electron chi connectivity index (χ0n) is 26.5. The summed E-state index contributed by atoms with van der Waals surface area (Å²) in [5, 5.41) is 7.35. The molecule has 0 bridgehead atoms. The Hall–Kier alpha value is -6.16. The van der Waals surface area contributed by atoms with Gasteiger partial charge >= 0.3 is 0 Å². The number of rotatable bonds is 5. The Balaban J connectivity index is 1.12. The van der Waals surface area contributed by atoms with Crippen LogP contribution in [0, 0.1) is 0 Å². The average molecular weight is 644 g/mol. The van der Waals surface area contributed by atoms with Gasteiger partial charge in [-0.1, -0.05) is 121 Å². The third-order valence-electron chi connectivity index (χ3n) is 9.65. The topological polar surface area (TPSA) is 16.4 Å². The van der Waals surface area contributed by atoms with Gasteiger partial charge in [-0.2, -0.15) is 0 Å². The smallest absolute Gasteiger partial charge is 0.159 e. The van der Waals surface area contributed by atoms with Crippen molar-refractivity contribution >= 4 is 81.3 Å². The number of furan rings is 1. The van der Waals surface area contributed by atoms with E-state index in [0.29, 0.717) is 0 Å². The van der Waals surface area contributed by atoms with Crippen LogP contribution >= 0.6 is 11.3 Å². The summed E-state index contributed by atoms with van der Waals surface area (Å²) in [4.78, 5) is 2.33. The van der Waals surface area contributed by atoms with Crippen molar-refractivity contribution in [2.24, 2.45) is 0 Å². The molecule has 2 nitrogen and oxygen atoms in total. The molecule has 0 saturated heterocycles. The molecule has 0 radical (unpaired) electrons. The second kappa shape index (κ2) is 11.2. The van der Waals surface area contributed by atoms with Gasteiger partial charge in [-0.05, 0) is 87.6 Å². The predicted molar refractivity (Wildman–Crippen MR) is 210 cm³/mol. The zero-order chi connectivity index (χ0) is 32.3. The molecule has 0 aliphatic rings. The molecule has 0 aliphatic heterocycles. The average Bonchev–Trinajstić information content (AvgIpc) is 3.74. The molecule has 0 unspecified atom stereocenters. The lowest BCUT2D eigenvalue weighted by Gasteiger charge is -2.26. The lowest BCUT2D eigenvalue weighted by atomic mass is 10.00. The highest BCUT2D eigenvalue weighted by molar-refractivity contribution is 7.25. The quantitative estimate of drug-likeness (QED) is 0.186. The van der Waals surface area contributed by atoms with E-state index in [0.717, 1.165) is 39.0 Å². The minimum atomic E-state index is 0.874. The van der Waals surface area contributed by atoms with Crippen molar-refractivity contribution in [2.45, 2.75) is 0 Å². The standard InChI is InChI=1S/C46H29NOS/c1-2-10-32-27-34(20-19-30(32)9-1)33-11-7-12-37(28-33)47(42-16-8-15-41-38-13-3-5-17-43(38)48-46(41)42)36-24-21-31(22-25-36)35-23-26-40-39-14-4-6-18-44(39)49-45(40)29-35/h1-29H. The summed E-state index contributed by atoms with van der Waals surface area (Å²) < 4.78 is 9.23. The minimum absolute atomic E-state index is 0.874. The molecule has 2 heterocycles. The molecule has 0 spiro atoms. The maximum Gasteiger partial charge on any atom is 0.159 e. The second-order valence-corrected chi connectivity index (χ2v) is 13.6. The van der Waals surface area contributed by atoms with E-state index in [9.17, 15) is 0 Å². The Morgan fingerprint density at radius 1 is 0.388 bits per heavy atom. The second-order valence-electron chi connectivity index (χ2n) is 12.6. The number of hydrogen-bond acceptors (Lipinski definition) is 3. The monoisotopic (exact) mass is 643 g/mol. The Bertz CT molecular complexity index is 2840. The first kappa shape index (κ1) is 27.9. The van der Waals surface area contributed by atoms with Gasteiger partial charge in [-0.15, -0.1) is 11.3 Å². The molecule has 10 rings (SSSR count). The SMILES string of the molecule is c1cc(-c2ccc3ccccc3c2)cc(N(c2ccc(-c3ccc4c(c3)sc3ccccc34)cc2)c2cccc3c2oc2ccccc23)c1. The number of benzene rings is 8. The van der Waals surface area contributed by atoms with Gasteiger partial charge in [0.2, 0.25) is 0 Å². The van der Waals surface area contributed by atoms with Gasteiger partial charge in [0.05, 0.1) is 5.69 Å². The van der Waals surface area contributed by atoms with Gasteiger partial charge in [0, 0.05) is 42.3 Å². The van der Waals surface area contributed by atoms with Gasteiger partial charge in [0.15, 0.2) is 5.58 Å². The van der Waals surface area contributed by atoms with Crippen molar-refractivity contribution in [3.05, 3.63) is 176 Å². The summed E-state index contributed by atoms with van der Waals surface area (Å²) in [5.74, 6) is 0. The van der Waals surface area contributed by atoms with Crippen LogP contribution < -0.4 is 4.90 Å². The van der Waals surface area contributed by atoms with Crippen LogP contribution in [-0.2, 0) is 0 Å². The molecule has 0 N–H and O–H groups in total. The Morgan fingerprint density at radius 2 is 1.06 bits per heavy atom. The highest BCUT2D eigenvalue weighted by Crippen LogP contribution is 2.44. The number of nitrogens with zero attached hydrogens (tertiary/aromatic N) is 1. The van der Waals surface area contributed by atoms with E-state index in [4.69, 9.17) is 4.42 Å². The summed E-state index contributed by atoms with van der Waals surface area (Å²) >= 11 is 1.86. The van der Waals surface area contributed by atoms with Crippen LogP contribution in [0.5, 0.6) is 0 Å². The number of anilines is 3. The molecule has 0 amide bonds. The summed E-state index contributed by atoms with van der Waals surface area (Å²) in [5.41, 5.74) is 9.66. The Kier molecular flexibility index (Phi) is 6.39. The normalized spacial score (nSPS) is 11.7. The van der Waals surface area contributed by atoms with E-state index in [1.165, 1.54) is 53.2 Å². The van der Waals surface area contributed by atoms with E-state index < -0.39 is 0 Å². The van der Waals surface area contributed by atoms with Gasteiger partial charge in [0.1, 0.15) is 5.58 Å². The zero-order valence-corrected chi connectivity index (χ0v) is 27.3. The maximum absolute atomic E-state index is 6.59. The first-order valence-corrected chi connectivity index (χ1v) is 17.4. The van der Waals surface area contributed by atoms with E-state index in [1.54, 1.807) is 0 Å². The summed E-state index contributed by atoms with van der Waals surface area (Å²) in [6.07, 6.45) is 0. The van der Waals surface area contributed by atoms with Crippen molar-refractivity contribution < 1.29 is 4.42 Å². The number of fused-ring (bicyclic) bond motifs is 7. The molecule has 230 valence electrons. The van der Waals surface area contributed by atoms with Crippen LogP contribution in [0.1, 0.15) is 0 Å². The summed E-state index contributed by atoms with van der Waals surface area (Å²) in [6.45, 7) is 0. The van der Waals surface area contributed by atoms with Crippen molar-refractivity contribution in [2.75, 3.05) is 4.90 Å². The summed E-state index contributed by atoms with van der Waals surface area (Å²) in [6, 6.07) is 63.2. The van der Waals surface area contributed by atoms with Crippen LogP contribution in [0.25, 0.3) is 75.1 Å². The van der Waals surface area contributed by atoms with Crippen LogP contribution in [0.4, 0.5) is 17.1 Å². The van der Waals surface area contributed by atoms with Crippen molar-refractivity contribution in [3.63, 3.8) is 0 Å². The lowest BCUT2D eigenvalue weighted by Crippen LogP contribution is -2.10. The highest BCUT2D eigenvalue weighted by Gasteiger charge is 2.20. The third kappa shape index (κ3) is 4.70. The molecule has 0 saturated carbocycles. The fourth-order valence-electron chi connectivity index (χ4n) is 7.24. The molecule has 10 aromatic rings. The van der Waals surface area contributed by atoms with Crippen molar-refractivity contribution in [1.29, 1.82) is 0 Å². The Labute approximate surface area is 287 Å². The molecule has 8 aromatic carbocycles.